The zero-order valence-electron chi connectivity index (χ0n) is 19.8. The van der Waals surface area contributed by atoms with Crippen molar-refractivity contribution in [2.45, 2.75) is 37.7 Å². The molecule has 0 atom stereocenters. The van der Waals surface area contributed by atoms with Gasteiger partial charge in [0.2, 0.25) is 5.91 Å². The van der Waals surface area contributed by atoms with Crippen molar-refractivity contribution < 1.29 is 14.3 Å². The van der Waals surface area contributed by atoms with Crippen molar-refractivity contribution in [3.05, 3.63) is 66.4 Å². The van der Waals surface area contributed by atoms with Crippen LogP contribution in [0.15, 0.2) is 55.3 Å². The molecule has 5 rings (SSSR count). The summed E-state index contributed by atoms with van der Waals surface area (Å²) in [6.07, 6.45) is 6.78. The molecule has 2 aromatic carbocycles. The lowest BCUT2D eigenvalue weighted by Crippen LogP contribution is -2.41. The average molecular weight is 469 g/mol. The number of carbonyl (C=O) groups is 1. The van der Waals surface area contributed by atoms with Gasteiger partial charge in [0.1, 0.15) is 12.2 Å². The van der Waals surface area contributed by atoms with Crippen LogP contribution in [-0.2, 0) is 4.79 Å². The number of anilines is 2. The zero-order valence-corrected chi connectivity index (χ0v) is 19.8. The number of pyridine rings is 1. The van der Waals surface area contributed by atoms with Crippen LogP contribution in [0.25, 0.3) is 10.9 Å². The Balaban J connectivity index is 1.46. The number of fused-ring (bicyclic) bond motifs is 1. The number of carbonyl (C=O) groups excluding carboxylic acids is 1. The number of likely N-dealkylation sites (tertiary alicyclic amines) is 1. The van der Waals surface area contributed by atoms with Gasteiger partial charge in [0.15, 0.2) is 11.5 Å². The molecule has 7 heteroatoms. The van der Waals surface area contributed by atoms with Crippen LogP contribution in [0, 0.1) is 11.3 Å². The summed E-state index contributed by atoms with van der Waals surface area (Å²) in [7, 11) is 1.60. The molecule has 2 heterocycles. The highest BCUT2D eigenvalue weighted by atomic mass is 16.5. The van der Waals surface area contributed by atoms with E-state index in [-0.39, 0.29) is 12.0 Å². The normalized spacial score (nSPS) is 15.9. The fraction of sp³-hybridized carbons (Fsp3) is 0.321. The Bertz CT molecular complexity index is 1320. The summed E-state index contributed by atoms with van der Waals surface area (Å²) in [6, 6.07) is 14.4. The Morgan fingerprint density at radius 2 is 2.00 bits per heavy atom. The molecule has 3 aromatic rings. The van der Waals surface area contributed by atoms with E-state index in [1.807, 2.05) is 24.3 Å². The van der Waals surface area contributed by atoms with E-state index < -0.39 is 0 Å². The lowest BCUT2D eigenvalue weighted by atomic mass is 10.1. The third-order valence-corrected chi connectivity index (χ3v) is 6.70. The Labute approximate surface area is 205 Å². The first kappa shape index (κ1) is 22.7. The van der Waals surface area contributed by atoms with Gasteiger partial charge in [-0.25, -0.2) is 0 Å². The predicted molar refractivity (Wildman–Crippen MR) is 135 cm³/mol. The summed E-state index contributed by atoms with van der Waals surface area (Å²) in [4.78, 5) is 18.2. The molecule has 7 nitrogen and oxygen atoms in total. The Morgan fingerprint density at radius 1 is 1.20 bits per heavy atom. The maximum Gasteiger partial charge on any atom is 0.245 e. The molecule has 0 radical (unpaired) electrons. The van der Waals surface area contributed by atoms with E-state index in [2.05, 4.69) is 35.1 Å². The van der Waals surface area contributed by atoms with Crippen LogP contribution >= 0.6 is 0 Å². The first-order chi connectivity index (χ1) is 17.1. The number of hydrogen-bond acceptors (Lipinski definition) is 6. The smallest absolute Gasteiger partial charge is 0.245 e. The maximum atomic E-state index is 11.9. The number of nitrogens with one attached hydrogen (secondary N) is 1. The highest BCUT2D eigenvalue weighted by Gasteiger charge is 2.25. The molecule has 0 bridgehead atoms. The van der Waals surface area contributed by atoms with Crippen molar-refractivity contribution in [1.82, 2.24) is 9.88 Å². The second kappa shape index (κ2) is 9.67. The van der Waals surface area contributed by atoms with Crippen molar-refractivity contribution in [2.75, 3.05) is 25.5 Å². The molecule has 35 heavy (non-hydrogen) atoms. The number of ether oxygens (including phenoxy) is 2. The van der Waals surface area contributed by atoms with Crippen molar-refractivity contribution in [2.24, 2.45) is 0 Å². The van der Waals surface area contributed by atoms with Gasteiger partial charge in [0.05, 0.1) is 23.9 Å². The topological polar surface area (TPSA) is 87.5 Å². The number of methoxy groups -OCH3 is 1. The molecule has 2 aliphatic rings. The number of aromatic nitrogens is 1. The number of benzene rings is 2. The molecule has 2 fully saturated rings. The van der Waals surface area contributed by atoms with E-state index >= 15 is 0 Å². The Morgan fingerprint density at radius 3 is 2.69 bits per heavy atom. The van der Waals surface area contributed by atoms with Crippen LogP contribution in [0.4, 0.5) is 11.4 Å². The number of piperidine rings is 1. The quantitative estimate of drug-likeness (QED) is 0.474. The second-order valence-corrected chi connectivity index (χ2v) is 9.05. The lowest BCUT2D eigenvalue weighted by Gasteiger charge is -2.31. The zero-order chi connectivity index (χ0) is 24.4. The van der Waals surface area contributed by atoms with Gasteiger partial charge in [0, 0.05) is 49.3 Å². The van der Waals surface area contributed by atoms with E-state index in [1.54, 1.807) is 18.2 Å². The largest absolute Gasteiger partial charge is 0.493 e. The minimum Gasteiger partial charge on any atom is -0.493 e. The molecule has 1 aliphatic heterocycles. The Hall–Kier alpha value is -4.05. The van der Waals surface area contributed by atoms with Gasteiger partial charge in [-0.2, -0.15) is 5.26 Å². The fourth-order valence-electron chi connectivity index (χ4n) is 4.61. The summed E-state index contributed by atoms with van der Waals surface area (Å²) in [5.74, 6) is 1.77. The summed E-state index contributed by atoms with van der Waals surface area (Å²) in [5, 5.41) is 14.1. The van der Waals surface area contributed by atoms with E-state index in [9.17, 15) is 10.1 Å². The average Bonchev–Trinajstić information content (AvgIpc) is 3.74. The monoisotopic (exact) mass is 468 g/mol. The summed E-state index contributed by atoms with van der Waals surface area (Å²) in [5.41, 5.74) is 4.13. The molecule has 0 spiro atoms. The number of hydrogen-bond donors (Lipinski definition) is 1. The SMILES string of the molecule is C=CC(=O)N1CCC(Oc2cc3c(Nc4cccc(C5CC5)c4)c(C#N)cnc3cc2OC)CC1. The van der Waals surface area contributed by atoms with Crippen molar-refractivity contribution in [3.63, 3.8) is 0 Å². The molecule has 1 amide bonds. The van der Waals surface area contributed by atoms with Crippen molar-refractivity contribution in [1.29, 1.82) is 5.26 Å². The van der Waals surface area contributed by atoms with Gasteiger partial charge in [-0.3, -0.25) is 9.78 Å². The van der Waals surface area contributed by atoms with Gasteiger partial charge < -0.3 is 19.7 Å². The molecule has 1 aromatic heterocycles. The van der Waals surface area contributed by atoms with Crippen LogP contribution in [0.1, 0.15) is 42.7 Å². The van der Waals surface area contributed by atoms with Crippen LogP contribution in [0.3, 0.4) is 0 Å². The maximum absolute atomic E-state index is 11.9. The molecular weight excluding hydrogens is 440 g/mol. The van der Waals surface area contributed by atoms with Crippen LogP contribution in [-0.4, -0.2) is 42.1 Å². The van der Waals surface area contributed by atoms with E-state index in [4.69, 9.17) is 9.47 Å². The highest BCUT2D eigenvalue weighted by molar-refractivity contribution is 5.97. The van der Waals surface area contributed by atoms with E-state index in [1.165, 1.54) is 24.5 Å². The van der Waals surface area contributed by atoms with Gasteiger partial charge in [-0.15, -0.1) is 0 Å². The lowest BCUT2D eigenvalue weighted by molar-refractivity contribution is -0.127. The molecule has 1 N–H and O–H groups in total. The molecule has 1 aliphatic carbocycles. The van der Waals surface area contributed by atoms with Gasteiger partial charge in [0.25, 0.3) is 0 Å². The standard InChI is InChI=1S/C28H28N4O3/c1-3-27(33)32-11-9-22(10-12-32)35-26-14-23-24(15-25(26)34-2)30-17-20(16-29)28(23)31-21-6-4-5-19(13-21)18-7-8-18/h3-6,13-15,17-18,22H,1,7-12H2,2H3,(H,30,31). The highest BCUT2D eigenvalue weighted by Crippen LogP contribution is 2.42. The number of amides is 1. The predicted octanol–water partition coefficient (Wildman–Crippen LogP) is 5.29. The van der Waals surface area contributed by atoms with Crippen LogP contribution in [0.2, 0.25) is 0 Å². The first-order valence-corrected chi connectivity index (χ1v) is 12.0. The fourth-order valence-corrected chi connectivity index (χ4v) is 4.61. The number of rotatable bonds is 7. The third kappa shape index (κ3) is 4.78. The molecule has 178 valence electrons. The summed E-state index contributed by atoms with van der Waals surface area (Å²) in [6.45, 7) is 4.81. The Kier molecular flexibility index (Phi) is 6.28. The van der Waals surface area contributed by atoms with Crippen LogP contribution < -0.4 is 14.8 Å². The van der Waals surface area contributed by atoms with E-state index in [0.717, 1.165) is 23.9 Å². The minimum absolute atomic E-state index is 0.0473. The summed E-state index contributed by atoms with van der Waals surface area (Å²) >= 11 is 0. The number of nitriles is 1. The van der Waals surface area contributed by atoms with Crippen molar-refractivity contribution >= 4 is 28.2 Å². The molecule has 1 saturated carbocycles. The van der Waals surface area contributed by atoms with Crippen LogP contribution in [0.5, 0.6) is 11.5 Å². The first-order valence-electron chi connectivity index (χ1n) is 12.0. The molecule has 1 saturated heterocycles. The molecule has 0 unspecified atom stereocenters. The summed E-state index contributed by atoms with van der Waals surface area (Å²) < 4.78 is 12.0. The van der Waals surface area contributed by atoms with Gasteiger partial charge >= 0.3 is 0 Å². The number of nitrogens with zero attached hydrogens (tertiary/aromatic N) is 3. The molecular formula is C28H28N4O3. The van der Waals surface area contributed by atoms with Gasteiger partial charge in [-0.05, 0) is 48.6 Å². The minimum atomic E-state index is -0.0525. The van der Waals surface area contributed by atoms with Crippen molar-refractivity contribution in [3.8, 4) is 17.6 Å². The van der Waals surface area contributed by atoms with E-state index in [0.29, 0.717) is 47.3 Å². The second-order valence-electron chi connectivity index (χ2n) is 9.05. The van der Waals surface area contributed by atoms with Gasteiger partial charge in [-0.1, -0.05) is 18.7 Å². The third-order valence-electron chi connectivity index (χ3n) is 6.70.